The van der Waals surface area contributed by atoms with Crippen LogP contribution < -0.4 is 10.1 Å². The maximum atomic E-state index is 12.3. The number of hydrogen-bond acceptors (Lipinski definition) is 2. The standard InChI is InChI=1S/C9H8F3NO/c10-9(11,12)8-5-14-7-4-2-1-3-6(7)13-8/h1-4,8,13H,5H2. The molecule has 0 spiro atoms. The summed E-state index contributed by atoms with van der Waals surface area (Å²) in [5.41, 5.74) is 0.390. The smallest absolute Gasteiger partial charge is 0.411 e. The van der Waals surface area contributed by atoms with Crippen molar-refractivity contribution >= 4 is 5.69 Å². The average Bonchev–Trinajstić information content (AvgIpc) is 2.16. The lowest BCUT2D eigenvalue weighted by atomic mass is 10.2. The van der Waals surface area contributed by atoms with E-state index in [4.69, 9.17) is 4.74 Å². The van der Waals surface area contributed by atoms with Gasteiger partial charge in [-0.2, -0.15) is 13.2 Å². The van der Waals surface area contributed by atoms with Gasteiger partial charge in [0.25, 0.3) is 0 Å². The lowest BCUT2D eigenvalue weighted by Crippen LogP contribution is -2.43. The zero-order valence-electron chi connectivity index (χ0n) is 7.14. The highest BCUT2D eigenvalue weighted by molar-refractivity contribution is 5.58. The molecule has 1 unspecified atom stereocenters. The number of para-hydroxylation sites is 2. The Balaban J connectivity index is 2.22. The van der Waals surface area contributed by atoms with E-state index < -0.39 is 12.2 Å². The van der Waals surface area contributed by atoms with Crippen molar-refractivity contribution in [3.8, 4) is 5.75 Å². The second kappa shape index (κ2) is 3.08. The molecule has 5 heteroatoms. The minimum Gasteiger partial charge on any atom is -0.489 e. The first-order valence-electron chi connectivity index (χ1n) is 4.12. The molecule has 1 heterocycles. The maximum Gasteiger partial charge on any atom is 0.411 e. The molecule has 0 saturated heterocycles. The van der Waals surface area contributed by atoms with Gasteiger partial charge < -0.3 is 10.1 Å². The number of ether oxygens (including phenoxy) is 1. The van der Waals surface area contributed by atoms with Crippen LogP contribution in [0.1, 0.15) is 0 Å². The predicted molar refractivity (Wildman–Crippen MR) is 45.4 cm³/mol. The second-order valence-corrected chi connectivity index (χ2v) is 3.05. The Morgan fingerprint density at radius 3 is 2.71 bits per heavy atom. The fourth-order valence-corrected chi connectivity index (χ4v) is 1.29. The summed E-state index contributed by atoms with van der Waals surface area (Å²) in [6.07, 6.45) is -4.27. The molecule has 0 aliphatic carbocycles. The van der Waals surface area contributed by atoms with Crippen LogP contribution in [-0.4, -0.2) is 18.8 Å². The number of benzene rings is 1. The summed E-state index contributed by atoms with van der Waals surface area (Å²) < 4.78 is 41.9. The molecule has 0 aromatic heterocycles. The predicted octanol–water partition coefficient (Wildman–Crippen LogP) is 2.42. The number of rotatable bonds is 0. The zero-order chi connectivity index (χ0) is 10.2. The van der Waals surface area contributed by atoms with Gasteiger partial charge in [-0.15, -0.1) is 0 Å². The molecule has 1 aliphatic rings. The summed E-state index contributed by atoms with van der Waals surface area (Å²) in [6, 6.07) is 4.96. The van der Waals surface area contributed by atoms with Gasteiger partial charge in [-0.3, -0.25) is 0 Å². The van der Waals surface area contributed by atoms with Gasteiger partial charge in [-0.05, 0) is 12.1 Å². The van der Waals surface area contributed by atoms with Gasteiger partial charge in [0.2, 0.25) is 0 Å². The lowest BCUT2D eigenvalue weighted by molar-refractivity contribution is -0.149. The van der Waals surface area contributed by atoms with Crippen molar-refractivity contribution in [3.63, 3.8) is 0 Å². The number of nitrogens with one attached hydrogen (secondary N) is 1. The Morgan fingerprint density at radius 1 is 1.29 bits per heavy atom. The van der Waals surface area contributed by atoms with Gasteiger partial charge in [0.1, 0.15) is 12.4 Å². The number of alkyl halides is 3. The quantitative estimate of drug-likeness (QED) is 0.699. The molecule has 0 fully saturated rings. The molecule has 1 atom stereocenters. The Morgan fingerprint density at radius 2 is 2.00 bits per heavy atom. The van der Waals surface area contributed by atoms with Crippen molar-refractivity contribution in [1.29, 1.82) is 0 Å². The van der Waals surface area contributed by atoms with Crippen LogP contribution in [-0.2, 0) is 0 Å². The Bertz CT molecular complexity index is 337. The maximum absolute atomic E-state index is 12.3. The van der Waals surface area contributed by atoms with Gasteiger partial charge in [0.15, 0.2) is 6.04 Å². The van der Waals surface area contributed by atoms with E-state index in [9.17, 15) is 13.2 Å². The fraction of sp³-hybridized carbons (Fsp3) is 0.333. The normalized spacial score (nSPS) is 20.6. The van der Waals surface area contributed by atoms with E-state index in [2.05, 4.69) is 5.32 Å². The first-order chi connectivity index (χ1) is 6.57. The summed E-state index contributed by atoms with van der Waals surface area (Å²) in [6.45, 7) is -0.374. The van der Waals surface area contributed by atoms with Gasteiger partial charge in [-0.1, -0.05) is 12.1 Å². The molecule has 76 valence electrons. The van der Waals surface area contributed by atoms with Gasteiger partial charge in [0, 0.05) is 0 Å². The topological polar surface area (TPSA) is 21.3 Å². The van der Waals surface area contributed by atoms with Crippen LogP contribution in [0.25, 0.3) is 0 Å². The van der Waals surface area contributed by atoms with Gasteiger partial charge in [0.05, 0.1) is 5.69 Å². The van der Waals surface area contributed by atoms with Crippen molar-refractivity contribution in [1.82, 2.24) is 0 Å². The van der Waals surface area contributed by atoms with E-state index in [-0.39, 0.29) is 6.61 Å². The first kappa shape index (κ1) is 9.18. The molecule has 1 aromatic rings. The molecule has 0 bridgehead atoms. The third-order valence-corrected chi connectivity index (χ3v) is 2.02. The zero-order valence-corrected chi connectivity index (χ0v) is 7.14. The van der Waals surface area contributed by atoms with Crippen molar-refractivity contribution in [2.75, 3.05) is 11.9 Å². The molecular weight excluding hydrogens is 195 g/mol. The van der Waals surface area contributed by atoms with Crippen LogP contribution in [0, 0.1) is 0 Å². The van der Waals surface area contributed by atoms with Crippen LogP contribution >= 0.6 is 0 Å². The van der Waals surface area contributed by atoms with Crippen molar-refractivity contribution in [3.05, 3.63) is 24.3 Å². The summed E-state index contributed by atoms with van der Waals surface area (Å²) >= 11 is 0. The van der Waals surface area contributed by atoms with Crippen LogP contribution in [0.5, 0.6) is 5.75 Å². The van der Waals surface area contributed by atoms with E-state index in [0.29, 0.717) is 11.4 Å². The molecule has 2 nitrogen and oxygen atoms in total. The number of anilines is 1. The van der Waals surface area contributed by atoms with E-state index in [1.807, 2.05) is 0 Å². The average molecular weight is 203 g/mol. The van der Waals surface area contributed by atoms with E-state index in [0.717, 1.165) is 0 Å². The Labute approximate surface area is 78.7 Å². The molecule has 14 heavy (non-hydrogen) atoms. The van der Waals surface area contributed by atoms with Gasteiger partial charge >= 0.3 is 6.18 Å². The highest BCUT2D eigenvalue weighted by Gasteiger charge is 2.42. The molecule has 1 N–H and O–H groups in total. The largest absolute Gasteiger partial charge is 0.489 e. The third kappa shape index (κ3) is 1.62. The Hall–Kier alpha value is -1.39. The fourth-order valence-electron chi connectivity index (χ4n) is 1.29. The number of halogens is 3. The van der Waals surface area contributed by atoms with Crippen molar-refractivity contribution in [2.24, 2.45) is 0 Å². The molecule has 0 radical (unpaired) electrons. The van der Waals surface area contributed by atoms with Crippen LogP contribution in [0.2, 0.25) is 0 Å². The van der Waals surface area contributed by atoms with E-state index in [1.165, 1.54) is 0 Å². The van der Waals surface area contributed by atoms with E-state index >= 15 is 0 Å². The van der Waals surface area contributed by atoms with E-state index in [1.54, 1.807) is 24.3 Å². The highest BCUT2D eigenvalue weighted by Crippen LogP contribution is 2.33. The minimum absolute atomic E-state index is 0.374. The minimum atomic E-state index is -4.27. The lowest BCUT2D eigenvalue weighted by Gasteiger charge is -2.28. The monoisotopic (exact) mass is 203 g/mol. The summed E-state index contributed by atoms with van der Waals surface area (Å²) in [4.78, 5) is 0. The number of fused-ring (bicyclic) bond motifs is 1. The first-order valence-corrected chi connectivity index (χ1v) is 4.12. The molecule has 1 aliphatic heterocycles. The second-order valence-electron chi connectivity index (χ2n) is 3.05. The SMILES string of the molecule is FC(F)(F)C1COc2ccccc2N1. The molecule has 0 amide bonds. The summed E-state index contributed by atoms with van der Waals surface area (Å²) in [7, 11) is 0. The molecule has 2 rings (SSSR count). The Kier molecular flexibility index (Phi) is 2.02. The van der Waals surface area contributed by atoms with Crippen LogP contribution in [0.3, 0.4) is 0 Å². The van der Waals surface area contributed by atoms with Crippen molar-refractivity contribution < 1.29 is 17.9 Å². The third-order valence-electron chi connectivity index (χ3n) is 2.02. The van der Waals surface area contributed by atoms with Crippen LogP contribution in [0.15, 0.2) is 24.3 Å². The number of hydrogen-bond donors (Lipinski definition) is 1. The highest BCUT2D eigenvalue weighted by atomic mass is 19.4. The molecule has 0 saturated carbocycles. The summed E-state index contributed by atoms with van der Waals surface area (Å²) in [5.74, 6) is 0.466. The van der Waals surface area contributed by atoms with Gasteiger partial charge in [-0.25, -0.2) is 0 Å². The van der Waals surface area contributed by atoms with Crippen LogP contribution in [0.4, 0.5) is 18.9 Å². The molecule has 1 aromatic carbocycles. The molecular formula is C9H8F3NO. The summed E-state index contributed by atoms with van der Waals surface area (Å²) in [5, 5.41) is 2.39. The van der Waals surface area contributed by atoms with Crippen molar-refractivity contribution in [2.45, 2.75) is 12.2 Å².